The number of H-pyrrole nitrogens is 1. The topological polar surface area (TPSA) is 59.6 Å². The molecular formula is C10H18N4S. The average Bonchev–Trinajstić information content (AvgIpc) is 2.52. The maximum absolute atomic E-state index is 5.81. The minimum atomic E-state index is 0.433. The number of rotatable bonds is 1. The highest BCUT2D eigenvalue weighted by molar-refractivity contribution is 7.71. The minimum Gasteiger partial charge on any atom is -0.368 e. The standard InChI is InChI=1S/C10H18N4S/c1-6-3-4-8(5-7(6)2)14-9(11)12-13-10(14)15/h6-8H,3-5H2,1-2H3,(H2,11,12)(H,13,15). The van der Waals surface area contributed by atoms with Crippen molar-refractivity contribution in [3.63, 3.8) is 0 Å². The summed E-state index contributed by atoms with van der Waals surface area (Å²) in [7, 11) is 0. The second kappa shape index (κ2) is 3.96. The quantitative estimate of drug-likeness (QED) is 0.723. The van der Waals surface area contributed by atoms with Crippen LogP contribution in [0.1, 0.15) is 39.2 Å². The van der Waals surface area contributed by atoms with Crippen molar-refractivity contribution in [1.29, 1.82) is 0 Å². The lowest BCUT2D eigenvalue weighted by molar-refractivity contribution is 0.211. The monoisotopic (exact) mass is 226 g/mol. The Hall–Kier alpha value is -0.840. The van der Waals surface area contributed by atoms with Crippen LogP contribution in [-0.4, -0.2) is 14.8 Å². The van der Waals surface area contributed by atoms with Gasteiger partial charge in [-0.05, 0) is 43.3 Å². The lowest BCUT2D eigenvalue weighted by atomic mass is 9.79. The summed E-state index contributed by atoms with van der Waals surface area (Å²) in [5.74, 6) is 2.07. The molecule has 5 heteroatoms. The number of aromatic amines is 1. The molecule has 0 spiro atoms. The van der Waals surface area contributed by atoms with E-state index in [0.717, 1.165) is 24.7 Å². The molecule has 4 nitrogen and oxygen atoms in total. The molecule has 0 radical (unpaired) electrons. The van der Waals surface area contributed by atoms with Crippen LogP contribution in [0.25, 0.3) is 0 Å². The molecule has 1 aliphatic carbocycles. The zero-order valence-electron chi connectivity index (χ0n) is 9.23. The molecule has 0 saturated heterocycles. The van der Waals surface area contributed by atoms with Gasteiger partial charge >= 0.3 is 0 Å². The lowest BCUT2D eigenvalue weighted by Gasteiger charge is -2.32. The molecule has 1 aromatic heterocycles. The fraction of sp³-hybridized carbons (Fsp3) is 0.800. The molecule has 0 aliphatic heterocycles. The van der Waals surface area contributed by atoms with Gasteiger partial charge in [0.25, 0.3) is 0 Å². The van der Waals surface area contributed by atoms with E-state index < -0.39 is 0 Å². The molecule has 84 valence electrons. The summed E-state index contributed by atoms with van der Waals surface area (Å²) in [5.41, 5.74) is 5.81. The van der Waals surface area contributed by atoms with E-state index in [1.54, 1.807) is 0 Å². The van der Waals surface area contributed by atoms with Crippen LogP contribution in [0.3, 0.4) is 0 Å². The first-order chi connectivity index (χ1) is 7.09. The van der Waals surface area contributed by atoms with E-state index in [1.807, 2.05) is 4.57 Å². The van der Waals surface area contributed by atoms with Crippen LogP contribution in [0.5, 0.6) is 0 Å². The number of nitrogens with two attached hydrogens (primary N) is 1. The van der Waals surface area contributed by atoms with Gasteiger partial charge in [-0.1, -0.05) is 13.8 Å². The number of nitrogen functional groups attached to an aromatic ring is 1. The zero-order valence-corrected chi connectivity index (χ0v) is 10.0. The molecule has 3 N–H and O–H groups in total. The van der Waals surface area contributed by atoms with Gasteiger partial charge < -0.3 is 5.73 Å². The molecule has 0 aromatic carbocycles. The summed E-state index contributed by atoms with van der Waals surface area (Å²) in [6.45, 7) is 4.62. The second-order valence-electron chi connectivity index (χ2n) is 4.68. The molecule has 1 aliphatic rings. The number of aromatic nitrogens is 3. The molecular weight excluding hydrogens is 208 g/mol. The van der Waals surface area contributed by atoms with E-state index >= 15 is 0 Å². The van der Waals surface area contributed by atoms with Crippen LogP contribution < -0.4 is 5.73 Å². The van der Waals surface area contributed by atoms with Gasteiger partial charge in [-0.2, -0.15) is 0 Å². The molecule has 3 atom stereocenters. The van der Waals surface area contributed by atoms with Gasteiger partial charge in [0.1, 0.15) is 0 Å². The van der Waals surface area contributed by atoms with E-state index in [9.17, 15) is 0 Å². The Labute approximate surface area is 94.9 Å². The van der Waals surface area contributed by atoms with Crippen LogP contribution in [-0.2, 0) is 0 Å². The maximum Gasteiger partial charge on any atom is 0.220 e. The first-order valence-electron chi connectivity index (χ1n) is 5.52. The summed E-state index contributed by atoms with van der Waals surface area (Å²) in [5, 5.41) is 6.71. The molecule has 3 unspecified atom stereocenters. The number of nitrogens with zero attached hydrogens (tertiary/aromatic N) is 2. The smallest absolute Gasteiger partial charge is 0.220 e. The van der Waals surface area contributed by atoms with Gasteiger partial charge in [0, 0.05) is 6.04 Å². The lowest BCUT2D eigenvalue weighted by Crippen LogP contribution is -2.24. The van der Waals surface area contributed by atoms with Crippen molar-refractivity contribution < 1.29 is 0 Å². The Morgan fingerprint density at radius 2 is 2.13 bits per heavy atom. The molecule has 0 amide bonds. The van der Waals surface area contributed by atoms with Gasteiger partial charge in [-0.25, -0.2) is 5.10 Å². The Morgan fingerprint density at radius 1 is 1.40 bits per heavy atom. The van der Waals surface area contributed by atoms with E-state index in [1.165, 1.54) is 6.42 Å². The van der Waals surface area contributed by atoms with Crippen LogP contribution in [0.2, 0.25) is 0 Å². The van der Waals surface area contributed by atoms with Gasteiger partial charge in [-0.3, -0.25) is 4.57 Å². The third-order valence-corrected chi connectivity index (χ3v) is 3.96. The molecule has 1 heterocycles. The van der Waals surface area contributed by atoms with Gasteiger partial charge in [0.2, 0.25) is 5.95 Å². The number of hydrogen-bond acceptors (Lipinski definition) is 3. The van der Waals surface area contributed by atoms with Crippen LogP contribution in [0, 0.1) is 16.6 Å². The molecule has 15 heavy (non-hydrogen) atoms. The second-order valence-corrected chi connectivity index (χ2v) is 5.07. The Kier molecular flexibility index (Phi) is 2.82. The van der Waals surface area contributed by atoms with Crippen molar-refractivity contribution in [3.05, 3.63) is 4.77 Å². The SMILES string of the molecule is CC1CCC(n2c(N)n[nH]c2=S)CC1C. The van der Waals surface area contributed by atoms with E-state index in [0.29, 0.717) is 16.8 Å². The van der Waals surface area contributed by atoms with Crippen LogP contribution >= 0.6 is 12.2 Å². The normalized spacial score (nSPS) is 31.7. The molecule has 1 fully saturated rings. The van der Waals surface area contributed by atoms with Crippen molar-refractivity contribution >= 4 is 18.2 Å². The highest BCUT2D eigenvalue weighted by atomic mass is 32.1. The van der Waals surface area contributed by atoms with Crippen molar-refractivity contribution in [2.45, 2.75) is 39.2 Å². The van der Waals surface area contributed by atoms with Gasteiger partial charge in [0.05, 0.1) is 0 Å². The molecule has 1 aromatic rings. The number of hydrogen-bond donors (Lipinski definition) is 2. The first kappa shape index (κ1) is 10.7. The summed E-state index contributed by atoms with van der Waals surface area (Å²) >= 11 is 5.19. The minimum absolute atomic E-state index is 0.433. The predicted molar refractivity (Wildman–Crippen MR) is 63.0 cm³/mol. The Morgan fingerprint density at radius 3 is 2.67 bits per heavy atom. The highest BCUT2D eigenvalue weighted by Gasteiger charge is 2.27. The first-order valence-corrected chi connectivity index (χ1v) is 5.92. The van der Waals surface area contributed by atoms with Crippen LogP contribution in [0.4, 0.5) is 5.95 Å². The van der Waals surface area contributed by atoms with Crippen molar-refractivity contribution in [1.82, 2.24) is 14.8 Å². The summed E-state index contributed by atoms with van der Waals surface area (Å²) in [6.07, 6.45) is 3.56. The van der Waals surface area contributed by atoms with E-state index in [4.69, 9.17) is 18.0 Å². The average molecular weight is 226 g/mol. The third kappa shape index (κ3) is 1.93. The van der Waals surface area contributed by atoms with Crippen LogP contribution in [0.15, 0.2) is 0 Å². The molecule has 0 bridgehead atoms. The highest BCUT2D eigenvalue weighted by Crippen LogP contribution is 2.36. The van der Waals surface area contributed by atoms with Gasteiger partial charge in [0.15, 0.2) is 4.77 Å². The maximum atomic E-state index is 5.81. The largest absolute Gasteiger partial charge is 0.368 e. The molecule has 2 rings (SSSR count). The van der Waals surface area contributed by atoms with Crippen molar-refractivity contribution in [3.8, 4) is 0 Å². The third-order valence-electron chi connectivity index (χ3n) is 3.67. The van der Waals surface area contributed by atoms with Crippen molar-refractivity contribution in [2.75, 3.05) is 5.73 Å². The molecule has 1 saturated carbocycles. The zero-order chi connectivity index (χ0) is 11.0. The van der Waals surface area contributed by atoms with Gasteiger partial charge in [-0.15, -0.1) is 5.10 Å². The van der Waals surface area contributed by atoms with Crippen molar-refractivity contribution in [2.24, 2.45) is 11.8 Å². The Bertz CT molecular complexity index is 394. The predicted octanol–water partition coefficient (Wildman–Crippen LogP) is 2.52. The summed E-state index contributed by atoms with van der Waals surface area (Å²) < 4.78 is 2.62. The number of anilines is 1. The fourth-order valence-corrected chi connectivity index (χ4v) is 2.71. The fourth-order valence-electron chi connectivity index (χ4n) is 2.42. The van der Waals surface area contributed by atoms with E-state index in [-0.39, 0.29) is 0 Å². The van der Waals surface area contributed by atoms with E-state index in [2.05, 4.69) is 24.0 Å². The Balaban J connectivity index is 2.22. The summed E-state index contributed by atoms with van der Waals surface area (Å²) in [6, 6.07) is 0.433. The number of nitrogens with one attached hydrogen (secondary N) is 1. The summed E-state index contributed by atoms with van der Waals surface area (Å²) in [4.78, 5) is 0.